The normalized spacial score (nSPS) is 38.6. The molecule has 4 nitrogen and oxygen atoms in total. The monoisotopic (exact) mass is 221 g/mol. The van der Waals surface area contributed by atoms with E-state index >= 15 is 0 Å². The van der Waals surface area contributed by atoms with Crippen molar-refractivity contribution in [3.63, 3.8) is 0 Å². The largest absolute Gasteiger partial charge is 0.697 e. The standard InChI is InChI=1S/C7H12BFO4P/c1-7(9)3-5(13-6(7)8)4-12-14(10)11-2/h5-6H,3-4H2,1-2H3/q+1. The number of rotatable bonds is 4. The van der Waals surface area contributed by atoms with Crippen LogP contribution in [0.25, 0.3) is 0 Å². The Morgan fingerprint density at radius 3 is 2.86 bits per heavy atom. The first-order chi connectivity index (χ1) is 6.45. The summed E-state index contributed by atoms with van der Waals surface area (Å²) in [6, 6.07) is -0.948. The summed E-state index contributed by atoms with van der Waals surface area (Å²) < 4.78 is 38.4. The van der Waals surface area contributed by atoms with E-state index in [4.69, 9.17) is 17.1 Å². The quantitative estimate of drug-likeness (QED) is 0.530. The summed E-state index contributed by atoms with van der Waals surface area (Å²) in [6.45, 7) is 1.39. The Morgan fingerprint density at radius 2 is 2.43 bits per heavy atom. The highest BCUT2D eigenvalue weighted by Gasteiger charge is 2.43. The molecular weight excluding hydrogens is 209 g/mol. The van der Waals surface area contributed by atoms with Crippen molar-refractivity contribution in [2.24, 2.45) is 0 Å². The fourth-order valence-corrected chi connectivity index (χ4v) is 1.65. The number of halogens is 1. The van der Waals surface area contributed by atoms with Crippen molar-refractivity contribution in [3.8, 4) is 0 Å². The van der Waals surface area contributed by atoms with Crippen LogP contribution in [0.15, 0.2) is 0 Å². The third-order valence-corrected chi connectivity index (χ3v) is 2.73. The van der Waals surface area contributed by atoms with Gasteiger partial charge in [0.15, 0.2) is 0 Å². The van der Waals surface area contributed by atoms with Crippen molar-refractivity contribution in [3.05, 3.63) is 0 Å². The summed E-state index contributed by atoms with van der Waals surface area (Å²) in [4.78, 5) is 0. The van der Waals surface area contributed by atoms with E-state index in [9.17, 15) is 8.96 Å². The van der Waals surface area contributed by atoms with E-state index in [2.05, 4.69) is 4.52 Å². The van der Waals surface area contributed by atoms with Gasteiger partial charge in [-0.2, -0.15) is 0 Å². The molecule has 1 fully saturated rings. The van der Waals surface area contributed by atoms with Gasteiger partial charge in [-0.1, -0.05) is 0 Å². The molecule has 0 spiro atoms. The average Bonchev–Trinajstić information content (AvgIpc) is 2.37. The molecule has 0 saturated carbocycles. The molecule has 0 bridgehead atoms. The van der Waals surface area contributed by atoms with Gasteiger partial charge in [0.25, 0.3) is 0 Å². The SMILES string of the molecule is [B]C1OC(CO[P+](=O)OC)CC1(C)F. The highest BCUT2D eigenvalue weighted by Crippen LogP contribution is 2.34. The predicted octanol–water partition coefficient (Wildman–Crippen LogP) is 1.32. The van der Waals surface area contributed by atoms with Gasteiger partial charge in [-0.15, -0.1) is 9.05 Å². The summed E-state index contributed by atoms with van der Waals surface area (Å²) >= 11 is 0. The van der Waals surface area contributed by atoms with Crippen LogP contribution >= 0.6 is 8.25 Å². The van der Waals surface area contributed by atoms with Crippen LogP contribution in [0, 0.1) is 0 Å². The maximum absolute atomic E-state index is 13.5. The van der Waals surface area contributed by atoms with E-state index in [0.29, 0.717) is 0 Å². The van der Waals surface area contributed by atoms with Gasteiger partial charge in [0.2, 0.25) is 0 Å². The molecule has 2 radical (unpaired) electrons. The topological polar surface area (TPSA) is 44.8 Å². The molecule has 0 aliphatic carbocycles. The first-order valence-corrected chi connectivity index (χ1v) is 5.29. The second-order valence-corrected chi connectivity index (χ2v) is 4.43. The van der Waals surface area contributed by atoms with Crippen LogP contribution in [0.2, 0.25) is 0 Å². The van der Waals surface area contributed by atoms with E-state index in [0.717, 1.165) is 0 Å². The van der Waals surface area contributed by atoms with E-state index in [-0.39, 0.29) is 13.0 Å². The molecule has 0 aromatic carbocycles. The van der Waals surface area contributed by atoms with E-state index < -0.39 is 26.0 Å². The number of hydrogen-bond acceptors (Lipinski definition) is 4. The minimum Gasteiger partial charge on any atom is -0.379 e. The van der Waals surface area contributed by atoms with Gasteiger partial charge in [-0.25, -0.2) is 4.39 Å². The van der Waals surface area contributed by atoms with Crippen molar-refractivity contribution in [1.29, 1.82) is 0 Å². The maximum Gasteiger partial charge on any atom is 0.697 e. The van der Waals surface area contributed by atoms with Gasteiger partial charge in [0.1, 0.15) is 20.1 Å². The Kier molecular flexibility index (Phi) is 4.01. The summed E-state index contributed by atoms with van der Waals surface area (Å²) in [7, 11) is 4.52. The average molecular weight is 221 g/mol. The second kappa shape index (κ2) is 4.66. The van der Waals surface area contributed by atoms with E-state index in [1.165, 1.54) is 14.0 Å². The summed E-state index contributed by atoms with van der Waals surface area (Å²) in [5, 5.41) is 0. The number of alkyl halides is 1. The third-order valence-electron chi connectivity index (χ3n) is 2.07. The third kappa shape index (κ3) is 2.99. The Labute approximate surface area is 84.5 Å². The van der Waals surface area contributed by atoms with E-state index in [1.54, 1.807) is 0 Å². The smallest absolute Gasteiger partial charge is 0.379 e. The lowest BCUT2D eigenvalue weighted by Crippen LogP contribution is -2.29. The van der Waals surface area contributed by atoms with Gasteiger partial charge >= 0.3 is 8.25 Å². The van der Waals surface area contributed by atoms with Crippen molar-refractivity contribution in [2.45, 2.75) is 31.1 Å². The maximum atomic E-state index is 13.5. The Morgan fingerprint density at radius 1 is 1.79 bits per heavy atom. The van der Waals surface area contributed by atoms with Crippen LogP contribution in [0.1, 0.15) is 13.3 Å². The molecule has 7 heteroatoms. The molecule has 78 valence electrons. The minimum atomic E-state index is -2.13. The molecule has 4 atom stereocenters. The lowest BCUT2D eigenvalue weighted by Gasteiger charge is -2.16. The van der Waals surface area contributed by atoms with Crippen LogP contribution in [0.3, 0.4) is 0 Å². The van der Waals surface area contributed by atoms with Crippen LogP contribution < -0.4 is 0 Å². The number of ether oxygens (including phenoxy) is 1. The molecule has 0 N–H and O–H groups in total. The van der Waals surface area contributed by atoms with Gasteiger partial charge in [0.05, 0.1) is 19.2 Å². The molecule has 1 aliphatic rings. The molecule has 4 unspecified atom stereocenters. The first kappa shape index (κ1) is 12.0. The fourth-order valence-electron chi connectivity index (χ4n) is 1.25. The summed E-state index contributed by atoms with van der Waals surface area (Å²) in [5.74, 6) is 0. The molecule has 1 aliphatic heterocycles. The van der Waals surface area contributed by atoms with Gasteiger partial charge in [-0.05, 0) is 6.92 Å². The Bertz CT molecular complexity index is 226. The molecule has 1 heterocycles. The lowest BCUT2D eigenvalue weighted by atomic mass is 9.85. The molecule has 0 aromatic rings. The molecule has 0 amide bonds. The molecule has 1 saturated heterocycles. The molecular formula is C7H12BFO4P+. The van der Waals surface area contributed by atoms with Crippen molar-refractivity contribution in [1.82, 2.24) is 0 Å². The molecule has 1 rings (SSSR count). The van der Waals surface area contributed by atoms with E-state index in [1.807, 2.05) is 0 Å². The fraction of sp³-hybridized carbons (Fsp3) is 1.00. The Hall–Kier alpha value is -0.0251. The van der Waals surface area contributed by atoms with Crippen LogP contribution in [-0.4, -0.2) is 39.3 Å². The van der Waals surface area contributed by atoms with Crippen molar-refractivity contribution in [2.75, 3.05) is 13.7 Å². The zero-order chi connectivity index (χ0) is 10.8. The van der Waals surface area contributed by atoms with Gasteiger partial charge < -0.3 is 4.74 Å². The zero-order valence-electron chi connectivity index (χ0n) is 8.10. The molecule has 14 heavy (non-hydrogen) atoms. The van der Waals surface area contributed by atoms with Crippen LogP contribution in [0.4, 0.5) is 4.39 Å². The highest BCUT2D eigenvalue weighted by atomic mass is 31.1. The minimum absolute atomic E-state index is 0.0241. The zero-order valence-corrected chi connectivity index (χ0v) is 9.00. The highest BCUT2D eigenvalue weighted by molar-refractivity contribution is 7.33. The first-order valence-electron chi connectivity index (χ1n) is 4.20. The van der Waals surface area contributed by atoms with Gasteiger partial charge in [-0.3, -0.25) is 0 Å². The molecule has 0 aromatic heterocycles. The number of hydrogen-bond donors (Lipinski definition) is 0. The van der Waals surface area contributed by atoms with Crippen molar-refractivity contribution >= 4 is 16.1 Å². The lowest BCUT2D eigenvalue weighted by molar-refractivity contribution is 0.0323. The second-order valence-electron chi connectivity index (χ2n) is 3.36. The predicted molar refractivity (Wildman–Crippen MR) is 49.1 cm³/mol. The van der Waals surface area contributed by atoms with Crippen LogP contribution in [-0.2, 0) is 18.3 Å². The van der Waals surface area contributed by atoms with Crippen LogP contribution in [0.5, 0.6) is 0 Å². The van der Waals surface area contributed by atoms with Crippen molar-refractivity contribution < 1.29 is 22.7 Å². The summed E-state index contributed by atoms with van der Waals surface area (Å²) in [5.41, 5.74) is -1.55. The Balaban J connectivity index is 2.32. The summed E-state index contributed by atoms with van der Waals surface area (Å²) in [6.07, 6.45) is -0.324. The van der Waals surface area contributed by atoms with Gasteiger partial charge in [0, 0.05) is 11.0 Å².